The monoisotopic (exact) mass is 306 g/mol. The molecule has 108 valence electrons. The van der Waals surface area contributed by atoms with E-state index in [2.05, 4.69) is 23.6 Å². The molecule has 0 unspecified atom stereocenters. The lowest BCUT2D eigenvalue weighted by Gasteiger charge is -2.07. The second kappa shape index (κ2) is 7.07. The van der Waals surface area contributed by atoms with E-state index in [1.807, 2.05) is 0 Å². The van der Waals surface area contributed by atoms with Gasteiger partial charge in [-0.25, -0.2) is 13.1 Å². The molecule has 0 bridgehead atoms. The summed E-state index contributed by atoms with van der Waals surface area (Å²) in [4.78, 5) is 13.3. The third-order valence-corrected chi connectivity index (χ3v) is 4.36. The van der Waals surface area contributed by atoms with Crippen LogP contribution in [0.1, 0.15) is 33.1 Å². The maximum absolute atomic E-state index is 11.9. The molecule has 0 aliphatic heterocycles. The lowest BCUT2D eigenvalue weighted by Crippen LogP contribution is -2.25. The largest absolute Gasteiger partial charge is 0.326 e. The molecular formula is C12H19ClN2O3S. The van der Waals surface area contributed by atoms with Crippen molar-refractivity contribution in [2.45, 2.75) is 38.0 Å². The van der Waals surface area contributed by atoms with Crippen molar-refractivity contribution in [3.8, 4) is 0 Å². The van der Waals surface area contributed by atoms with Crippen LogP contribution in [-0.4, -0.2) is 19.9 Å². The Labute approximate surface area is 118 Å². The van der Waals surface area contributed by atoms with Crippen molar-refractivity contribution >= 4 is 21.6 Å². The van der Waals surface area contributed by atoms with Crippen molar-refractivity contribution in [2.75, 3.05) is 6.54 Å². The first-order valence-electron chi connectivity index (χ1n) is 6.21. The molecule has 2 N–H and O–H groups in total. The van der Waals surface area contributed by atoms with Gasteiger partial charge in [-0.1, -0.05) is 38.3 Å². The first kappa shape index (κ1) is 16.2. The van der Waals surface area contributed by atoms with Crippen LogP contribution in [0.2, 0.25) is 5.02 Å². The third kappa shape index (κ3) is 5.34. The second-order valence-electron chi connectivity index (χ2n) is 4.80. The molecular weight excluding hydrogens is 288 g/mol. The predicted molar refractivity (Wildman–Crippen MR) is 76.0 cm³/mol. The average Bonchev–Trinajstić information content (AvgIpc) is 2.31. The van der Waals surface area contributed by atoms with Gasteiger partial charge in [0.25, 0.3) is 5.56 Å². The molecule has 0 radical (unpaired) electrons. The van der Waals surface area contributed by atoms with Gasteiger partial charge in [0.2, 0.25) is 10.0 Å². The number of aromatic nitrogens is 1. The average molecular weight is 307 g/mol. The summed E-state index contributed by atoms with van der Waals surface area (Å²) in [6.07, 6.45) is 3.98. The van der Waals surface area contributed by atoms with Gasteiger partial charge < -0.3 is 4.98 Å². The molecule has 0 aliphatic carbocycles. The number of hydrogen-bond acceptors (Lipinski definition) is 3. The Hall–Kier alpha value is -0.850. The number of hydrogen-bond donors (Lipinski definition) is 2. The number of H-pyrrole nitrogens is 1. The highest BCUT2D eigenvalue weighted by Crippen LogP contribution is 2.11. The second-order valence-corrected chi connectivity index (χ2v) is 6.97. The number of pyridine rings is 1. The highest BCUT2D eigenvalue weighted by molar-refractivity contribution is 7.89. The van der Waals surface area contributed by atoms with E-state index >= 15 is 0 Å². The first-order valence-corrected chi connectivity index (χ1v) is 8.07. The molecule has 0 saturated heterocycles. The number of aromatic amines is 1. The molecule has 0 spiro atoms. The zero-order chi connectivity index (χ0) is 14.5. The van der Waals surface area contributed by atoms with Crippen LogP contribution >= 0.6 is 11.6 Å². The molecule has 19 heavy (non-hydrogen) atoms. The van der Waals surface area contributed by atoms with Crippen LogP contribution in [0, 0.1) is 5.92 Å². The molecule has 0 aromatic carbocycles. The minimum absolute atomic E-state index is 0.0269. The molecule has 0 aliphatic rings. The van der Waals surface area contributed by atoms with Crippen LogP contribution in [0.15, 0.2) is 22.0 Å². The molecule has 1 aromatic rings. The number of unbranched alkanes of at least 4 members (excludes halogenated alkanes) is 1. The zero-order valence-electron chi connectivity index (χ0n) is 11.1. The standard InChI is InChI=1S/C12H19ClN2O3S/c1-9(2)5-3-4-6-15-19(17,18)10-7-11(13)12(16)14-8-10/h7-9,15H,3-6H2,1-2H3,(H,14,16). The predicted octanol–water partition coefficient (Wildman–Crippen LogP) is 2.13. The summed E-state index contributed by atoms with van der Waals surface area (Å²) < 4.78 is 26.3. The normalized spacial score (nSPS) is 12.0. The first-order chi connectivity index (χ1) is 8.83. The topological polar surface area (TPSA) is 79.0 Å². The van der Waals surface area contributed by atoms with Crippen molar-refractivity contribution in [3.05, 3.63) is 27.6 Å². The SMILES string of the molecule is CC(C)CCCCNS(=O)(=O)c1c[nH]c(=O)c(Cl)c1. The summed E-state index contributed by atoms with van der Waals surface area (Å²) in [6, 6.07) is 1.15. The van der Waals surface area contributed by atoms with E-state index in [1.54, 1.807) is 0 Å². The van der Waals surface area contributed by atoms with Crippen LogP contribution in [0.4, 0.5) is 0 Å². The lowest BCUT2D eigenvalue weighted by atomic mass is 10.1. The van der Waals surface area contributed by atoms with Crippen LogP contribution in [0.25, 0.3) is 0 Å². The number of rotatable bonds is 7. The maximum Gasteiger partial charge on any atom is 0.266 e. The maximum atomic E-state index is 11.9. The minimum Gasteiger partial charge on any atom is -0.326 e. The van der Waals surface area contributed by atoms with Crippen molar-refractivity contribution < 1.29 is 8.42 Å². The molecule has 0 saturated carbocycles. The van der Waals surface area contributed by atoms with Crippen molar-refractivity contribution in [2.24, 2.45) is 5.92 Å². The summed E-state index contributed by atoms with van der Waals surface area (Å²) in [5.41, 5.74) is -0.502. The summed E-state index contributed by atoms with van der Waals surface area (Å²) in [6.45, 7) is 4.64. The Morgan fingerprint density at radius 2 is 2.05 bits per heavy atom. The Morgan fingerprint density at radius 3 is 2.63 bits per heavy atom. The molecule has 0 amide bonds. The van der Waals surface area contributed by atoms with E-state index < -0.39 is 15.6 Å². The van der Waals surface area contributed by atoms with Gasteiger partial charge in [0.15, 0.2) is 0 Å². The van der Waals surface area contributed by atoms with Gasteiger partial charge in [0, 0.05) is 12.7 Å². The molecule has 5 nitrogen and oxygen atoms in total. The van der Waals surface area contributed by atoms with Gasteiger partial charge in [-0.05, 0) is 18.4 Å². The third-order valence-electron chi connectivity index (χ3n) is 2.64. The summed E-state index contributed by atoms with van der Waals surface area (Å²) >= 11 is 5.60. The fraction of sp³-hybridized carbons (Fsp3) is 0.583. The molecule has 0 fully saturated rings. The fourth-order valence-corrected chi connectivity index (χ4v) is 2.86. The van der Waals surface area contributed by atoms with E-state index in [9.17, 15) is 13.2 Å². The van der Waals surface area contributed by atoms with E-state index in [0.717, 1.165) is 31.5 Å². The van der Waals surface area contributed by atoms with Gasteiger partial charge in [0.05, 0.1) is 4.90 Å². The van der Waals surface area contributed by atoms with E-state index in [-0.39, 0.29) is 9.92 Å². The highest BCUT2D eigenvalue weighted by Gasteiger charge is 2.14. The van der Waals surface area contributed by atoms with Crippen molar-refractivity contribution in [1.29, 1.82) is 0 Å². The van der Waals surface area contributed by atoms with E-state index in [0.29, 0.717) is 12.5 Å². The smallest absolute Gasteiger partial charge is 0.266 e. The van der Waals surface area contributed by atoms with Crippen molar-refractivity contribution in [3.63, 3.8) is 0 Å². The van der Waals surface area contributed by atoms with Gasteiger partial charge in [-0.3, -0.25) is 4.79 Å². The highest BCUT2D eigenvalue weighted by atomic mass is 35.5. The zero-order valence-corrected chi connectivity index (χ0v) is 12.6. The number of sulfonamides is 1. The molecule has 1 heterocycles. The lowest BCUT2D eigenvalue weighted by molar-refractivity contribution is 0.530. The minimum atomic E-state index is -3.60. The van der Waals surface area contributed by atoms with E-state index in [4.69, 9.17) is 11.6 Å². The van der Waals surface area contributed by atoms with Gasteiger partial charge in [-0.15, -0.1) is 0 Å². The quantitative estimate of drug-likeness (QED) is 0.757. The number of halogens is 1. The van der Waals surface area contributed by atoms with Crippen LogP contribution < -0.4 is 10.3 Å². The molecule has 7 heteroatoms. The summed E-state index contributed by atoms with van der Waals surface area (Å²) in [5, 5.41) is -0.136. The Bertz CT molecular complexity index is 567. The Kier molecular flexibility index (Phi) is 6.03. The van der Waals surface area contributed by atoms with E-state index in [1.165, 1.54) is 0 Å². The van der Waals surface area contributed by atoms with Gasteiger partial charge >= 0.3 is 0 Å². The summed E-state index contributed by atoms with van der Waals surface area (Å²) in [5.74, 6) is 0.620. The number of nitrogens with one attached hydrogen (secondary N) is 2. The van der Waals surface area contributed by atoms with Crippen molar-refractivity contribution in [1.82, 2.24) is 9.71 Å². The molecule has 1 rings (SSSR count). The van der Waals surface area contributed by atoms with Crippen LogP contribution in [0.5, 0.6) is 0 Å². The summed E-state index contributed by atoms with van der Waals surface area (Å²) in [7, 11) is -3.60. The Balaban J connectivity index is 2.56. The van der Waals surface area contributed by atoms with Crippen LogP contribution in [0.3, 0.4) is 0 Å². The Morgan fingerprint density at radius 1 is 1.37 bits per heavy atom. The fourth-order valence-electron chi connectivity index (χ4n) is 1.56. The molecule has 1 aromatic heterocycles. The molecule has 0 atom stereocenters. The van der Waals surface area contributed by atoms with Gasteiger partial charge in [-0.2, -0.15) is 0 Å². The van der Waals surface area contributed by atoms with Gasteiger partial charge in [0.1, 0.15) is 5.02 Å². The van der Waals surface area contributed by atoms with Crippen LogP contribution in [-0.2, 0) is 10.0 Å².